The summed E-state index contributed by atoms with van der Waals surface area (Å²) in [5, 5.41) is 0. The minimum absolute atomic E-state index is 0.255. The van der Waals surface area contributed by atoms with Crippen molar-refractivity contribution >= 4 is 17.7 Å². The smallest absolute Gasteiger partial charge is 0.265 e. The molecule has 1 amide bonds. The lowest BCUT2D eigenvalue weighted by Gasteiger charge is -2.05. The van der Waals surface area contributed by atoms with Crippen LogP contribution < -0.4 is 11.3 Å². The Morgan fingerprint density at radius 1 is 1.00 bits per heavy atom. The lowest BCUT2D eigenvalue weighted by atomic mass is 10.1. The van der Waals surface area contributed by atoms with E-state index in [1.807, 2.05) is 48.2 Å². The molecule has 0 aliphatic rings. The summed E-state index contributed by atoms with van der Waals surface area (Å²) in [7, 11) is 0. The number of hydrazine groups is 1. The van der Waals surface area contributed by atoms with Crippen LogP contribution in [0.15, 0.2) is 54.6 Å². The molecular weight excluding hydrogens is 256 g/mol. The first-order valence-corrected chi connectivity index (χ1v) is 7.16. The SMILES string of the molecule is NNC(=O)c1cccc(CSCc2ccccc2)c1. The summed E-state index contributed by atoms with van der Waals surface area (Å²) >= 11 is 1.82. The number of rotatable bonds is 5. The molecule has 0 saturated heterocycles. The molecule has 0 unspecified atom stereocenters. The molecule has 2 rings (SSSR count). The third kappa shape index (κ3) is 4.12. The van der Waals surface area contributed by atoms with Gasteiger partial charge in [-0.3, -0.25) is 10.2 Å². The third-order valence-electron chi connectivity index (χ3n) is 2.70. The Morgan fingerprint density at radius 3 is 2.42 bits per heavy atom. The summed E-state index contributed by atoms with van der Waals surface area (Å²) in [6.45, 7) is 0. The quantitative estimate of drug-likeness (QED) is 0.500. The highest BCUT2D eigenvalue weighted by Gasteiger charge is 2.04. The first-order chi connectivity index (χ1) is 9.29. The van der Waals surface area contributed by atoms with Crippen LogP contribution in [0.2, 0.25) is 0 Å². The van der Waals surface area contributed by atoms with Crippen molar-refractivity contribution < 1.29 is 4.79 Å². The molecule has 2 aromatic carbocycles. The van der Waals surface area contributed by atoms with Gasteiger partial charge in [0.1, 0.15) is 0 Å². The molecule has 4 heteroatoms. The average Bonchev–Trinajstić information content (AvgIpc) is 2.48. The summed E-state index contributed by atoms with van der Waals surface area (Å²) < 4.78 is 0. The van der Waals surface area contributed by atoms with Crippen molar-refractivity contribution in [2.45, 2.75) is 11.5 Å². The van der Waals surface area contributed by atoms with E-state index < -0.39 is 0 Å². The monoisotopic (exact) mass is 272 g/mol. The number of thioether (sulfide) groups is 1. The summed E-state index contributed by atoms with van der Waals surface area (Å²) in [6, 6.07) is 17.9. The molecule has 3 nitrogen and oxygen atoms in total. The van der Waals surface area contributed by atoms with E-state index in [0.29, 0.717) is 5.56 Å². The van der Waals surface area contributed by atoms with Crippen molar-refractivity contribution in [3.63, 3.8) is 0 Å². The van der Waals surface area contributed by atoms with Gasteiger partial charge in [-0.1, -0.05) is 42.5 Å². The fourth-order valence-corrected chi connectivity index (χ4v) is 2.69. The lowest BCUT2D eigenvalue weighted by Crippen LogP contribution is -2.29. The molecule has 0 spiro atoms. The zero-order valence-corrected chi connectivity index (χ0v) is 11.3. The van der Waals surface area contributed by atoms with Gasteiger partial charge in [-0.05, 0) is 23.3 Å². The van der Waals surface area contributed by atoms with Gasteiger partial charge in [0.25, 0.3) is 5.91 Å². The maximum Gasteiger partial charge on any atom is 0.265 e. The van der Waals surface area contributed by atoms with E-state index in [2.05, 4.69) is 17.6 Å². The molecule has 3 N–H and O–H groups in total. The maximum atomic E-state index is 11.4. The minimum atomic E-state index is -0.255. The number of carbonyl (C=O) groups excluding carboxylic acids is 1. The standard InChI is InChI=1S/C15H16N2OS/c16-17-15(18)14-8-4-7-13(9-14)11-19-10-12-5-2-1-3-6-12/h1-9H,10-11,16H2,(H,17,18). The van der Waals surface area contributed by atoms with Crippen LogP contribution in [0.4, 0.5) is 0 Å². The number of carbonyl (C=O) groups is 1. The largest absolute Gasteiger partial charge is 0.290 e. The highest BCUT2D eigenvalue weighted by Crippen LogP contribution is 2.18. The molecule has 98 valence electrons. The van der Waals surface area contributed by atoms with E-state index in [0.717, 1.165) is 17.1 Å². The van der Waals surface area contributed by atoms with E-state index in [1.165, 1.54) is 5.56 Å². The van der Waals surface area contributed by atoms with Crippen molar-refractivity contribution in [3.8, 4) is 0 Å². The van der Waals surface area contributed by atoms with Gasteiger partial charge >= 0.3 is 0 Å². The van der Waals surface area contributed by atoms with Crippen LogP contribution in [0.5, 0.6) is 0 Å². The molecule has 0 aromatic heterocycles. The zero-order chi connectivity index (χ0) is 13.5. The average molecular weight is 272 g/mol. The summed E-state index contributed by atoms with van der Waals surface area (Å²) in [5.41, 5.74) is 5.18. The summed E-state index contributed by atoms with van der Waals surface area (Å²) in [6.07, 6.45) is 0. The van der Waals surface area contributed by atoms with Crippen LogP contribution in [0.25, 0.3) is 0 Å². The van der Waals surface area contributed by atoms with Crippen molar-refractivity contribution in [1.29, 1.82) is 0 Å². The highest BCUT2D eigenvalue weighted by molar-refractivity contribution is 7.97. The Labute approximate surface area is 117 Å². The fourth-order valence-electron chi connectivity index (χ4n) is 1.75. The Balaban J connectivity index is 1.91. The first kappa shape index (κ1) is 13.6. The van der Waals surface area contributed by atoms with Gasteiger partial charge in [-0.15, -0.1) is 0 Å². The van der Waals surface area contributed by atoms with Crippen LogP contribution in [-0.4, -0.2) is 5.91 Å². The molecule has 0 aliphatic carbocycles. The molecular formula is C15H16N2OS. The Bertz CT molecular complexity index is 543. The van der Waals surface area contributed by atoms with E-state index >= 15 is 0 Å². The van der Waals surface area contributed by atoms with Gasteiger partial charge in [-0.25, -0.2) is 5.84 Å². The minimum Gasteiger partial charge on any atom is -0.290 e. The molecule has 19 heavy (non-hydrogen) atoms. The number of hydrogen-bond donors (Lipinski definition) is 2. The Morgan fingerprint density at radius 2 is 1.68 bits per heavy atom. The predicted octanol–water partition coefficient (Wildman–Crippen LogP) is 2.72. The molecule has 0 bridgehead atoms. The van der Waals surface area contributed by atoms with Crippen LogP contribution in [0.1, 0.15) is 21.5 Å². The summed E-state index contributed by atoms with van der Waals surface area (Å²) in [5.74, 6) is 6.71. The summed E-state index contributed by atoms with van der Waals surface area (Å²) in [4.78, 5) is 11.4. The predicted molar refractivity (Wildman–Crippen MR) is 79.5 cm³/mol. The number of benzene rings is 2. The normalized spacial score (nSPS) is 10.2. The zero-order valence-electron chi connectivity index (χ0n) is 10.5. The van der Waals surface area contributed by atoms with Crippen molar-refractivity contribution in [1.82, 2.24) is 5.43 Å². The van der Waals surface area contributed by atoms with Crippen LogP contribution in [-0.2, 0) is 11.5 Å². The Kier molecular flexibility index (Phi) is 5.01. The number of hydrogen-bond acceptors (Lipinski definition) is 3. The molecule has 0 fully saturated rings. The van der Waals surface area contributed by atoms with Gasteiger partial charge in [-0.2, -0.15) is 11.8 Å². The van der Waals surface area contributed by atoms with Crippen molar-refractivity contribution in [3.05, 3.63) is 71.3 Å². The topological polar surface area (TPSA) is 55.1 Å². The second-order valence-corrected chi connectivity index (χ2v) is 5.14. The van der Waals surface area contributed by atoms with E-state index in [-0.39, 0.29) is 5.91 Å². The van der Waals surface area contributed by atoms with E-state index in [1.54, 1.807) is 6.07 Å². The van der Waals surface area contributed by atoms with Gasteiger partial charge in [0.05, 0.1) is 0 Å². The van der Waals surface area contributed by atoms with Crippen LogP contribution >= 0.6 is 11.8 Å². The third-order valence-corrected chi connectivity index (χ3v) is 3.78. The van der Waals surface area contributed by atoms with Crippen LogP contribution in [0, 0.1) is 0 Å². The van der Waals surface area contributed by atoms with E-state index in [4.69, 9.17) is 5.84 Å². The number of nitrogens with two attached hydrogens (primary N) is 1. The second kappa shape index (κ2) is 6.97. The first-order valence-electron chi connectivity index (χ1n) is 6.01. The van der Waals surface area contributed by atoms with Gasteiger partial charge in [0.15, 0.2) is 0 Å². The van der Waals surface area contributed by atoms with Crippen LogP contribution in [0.3, 0.4) is 0 Å². The number of nitrogens with one attached hydrogen (secondary N) is 1. The van der Waals surface area contributed by atoms with Crippen molar-refractivity contribution in [2.24, 2.45) is 5.84 Å². The van der Waals surface area contributed by atoms with Crippen molar-refractivity contribution in [2.75, 3.05) is 0 Å². The molecule has 0 saturated carbocycles. The lowest BCUT2D eigenvalue weighted by molar-refractivity contribution is 0.0953. The molecule has 0 heterocycles. The molecule has 0 radical (unpaired) electrons. The highest BCUT2D eigenvalue weighted by atomic mass is 32.2. The number of amides is 1. The Hall–Kier alpha value is -1.78. The molecule has 0 aliphatic heterocycles. The maximum absolute atomic E-state index is 11.4. The van der Waals surface area contributed by atoms with Gasteiger partial charge in [0, 0.05) is 17.1 Å². The van der Waals surface area contributed by atoms with Gasteiger partial charge in [0.2, 0.25) is 0 Å². The molecule has 2 aromatic rings. The second-order valence-electron chi connectivity index (χ2n) is 4.15. The fraction of sp³-hybridized carbons (Fsp3) is 0.133. The van der Waals surface area contributed by atoms with E-state index in [9.17, 15) is 4.79 Å². The molecule has 0 atom stereocenters. The van der Waals surface area contributed by atoms with Gasteiger partial charge < -0.3 is 0 Å². The number of nitrogen functional groups attached to an aromatic ring is 1.